The normalized spacial score (nSPS) is 27.5. The van der Waals surface area contributed by atoms with Gasteiger partial charge in [-0.15, -0.1) is 0 Å². The van der Waals surface area contributed by atoms with E-state index in [-0.39, 0.29) is 15.1 Å². The van der Waals surface area contributed by atoms with E-state index in [0.717, 1.165) is 5.39 Å². The fourth-order valence-electron chi connectivity index (χ4n) is 12.2. The molecule has 0 unspecified atom stereocenters. The first-order valence-electron chi connectivity index (χ1n) is 28.1. The van der Waals surface area contributed by atoms with Gasteiger partial charge in [0.05, 0.1) is 31.2 Å². The van der Waals surface area contributed by atoms with Gasteiger partial charge in [-0.25, -0.2) is 43.1 Å². The van der Waals surface area contributed by atoms with Crippen LogP contribution in [0, 0.1) is 17.5 Å². The highest BCUT2D eigenvalue weighted by Crippen LogP contribution is 2.50. The molecule has 3 aromatic carbocycles. The molecule has 5 fully saturated rings. The number of ether oxygens (including phenoxy) is 9. The van der Waals surface area contributed by atoms with Gasteiger partial charge in [-0.05, 0) is 99.0 Å². The lowest BCUT2D eigenvalue weighted by Gasteiger charge is -2.29. The second-order valence-corrected chi connectivity index (χ2v) is 24.5. The van der Waals surface area contributed by atoms with E-state index in [1.54, 1.807) is 79.9 Å². The number of anilines is 1. The topological polar surface area (TPSA) is 248 Å². The molecule has 6 aromatic heterocycles. The molecule has 5 saturated heterocycles. The van der Waals surface area contributed by atoms with Crippen LogP contribution in [0.4, 0.5) is 19.0 Å². The quantitative estimate of drug-likeness (QED) is 0.0830. The van der Waals surface area contributed by atoms with Gasteiger partial charge in [-0.1, -0.05) is 76.2 Å². The van der Waals surface area contributed by atoms with E-state index in [2.05, 4.69) is 35.2 Å². The predicted molar refractivity (Wildman–Crippen MR) is 322 cm³/mol. The monoisotopic (exact) mass is 1340 g/mol. The number of halogens is 8. The van der Waals surface area contributed by atoms with Crippen LogP contribution in [-0.2, 0) is 42.6 Å². The Morgan fingerprint density at radius 3 is 1.37 bits per heavy atom. The molecule has 11 heterocycles. The second-order valence-electron chi connectivity index (χ2n) is 22.5. The Morgan fingerprint density at radius 2 is 0.889 bits per heavy atom. The molecule has 0 saturated carbocycles. The number of nitrogens with one attached hydrogen (secondary N) is 1. The molecule has 4 N–H and O–H groups in total. The maximum absolute atomic E-state index is 14.2. The van der Waals surface area contributed by atoms with Crippen LogP contribution < -0.4 is 5.32 Å². The van der Waals surface area contributed by atoms with E-state index in [4.69, 9.17) is 101 Å². The van der Waals surface area contributed by atoms with E-state index in [1.165, 1.54) is 62.5 Å². The van der Waals surface area contributed by atoms with Gasteiger partial charge < -0.3 is 77.0 Å². The molecule has 9 aromatic rings. The van der Waals surface area contributed by atoms with Crippen LogP contribution in [0.15, 0.2) is 110 Å². The van der Waals surface area contributed by atoms with Crippen LogP contribution in [0.1, 0.15) is 81.4 Å². The average molecular weight is 1350 g/mol. The van der Waals surface area contributed by atoms with Gasteiger partial charge in [0.15, 0.2) is 30.3 Å². The molecule has 22 nitrogen and oxygen atoms in total. The Bertz CT molecular complexity index is 4120. The number of hydrogen-bond acceptors (Lipinski definition) is 19. The van der Waals surface area contributed by atoms with Crippen LogP contribution >= 0.6 is 58.0 Å². The average Bonchev–Trinajstić information content (AvgIpc) is 1.60. The van der Waals surface area contributed by atoms with Crippen molar-refractivity contribution >= 4 is 96.9 Å². The summed E-state index contributed by atoms with van der Waals surface area (Å²) in [5, 5.41) is 38.1. The summed E-state index contributed by atoms with van der Waals surface area (Å²) in [6, 6.07) is 18.3. The van der Waals surface area contributed by atoms with Gasteiger partial charge in [0.25, 0.3) is 0 Å². The molecule has 476 valence electrons. The zero-order valence-electron chi connectivity index (χ0n) is 48.6. The minimum atomic E-state index is -1.27. The lowest BCUT2D eigenvalue weighted by molar-refractivity contribution is -0.209. The Hall–Kier alpha value is -5.92. The molecule has 14 rings (SSSR count). The molecule has 0 bridgehead atoms. The first-order valence-corrected chi connectivity index (χ1v) is 29.9. The van der Waals surface area contributed by atoms with Crippen molar-refractivity contribution < 1.29 is 71.1 Å². The summed E-state index contributed by atoms with van der Waals surface area (Å²) in [4.78, 5) is 25.1. The second kappa shape index (κ2) is 25.5. The summed E-state index contributed by atoms with van der Waals surface area (Å²) in [6.45, 7) is 7.27. The van der Waals surface area contributed by atoms with Crippen LogP contribution in [0.5, 0.6) is 0 Å². The summed E-state index contributed by atoms with van der Waals surface area (Å²) >= 11 is 29.8. The fraction of sp³-hybridized carbons (Fsp3) is 0.400. The summed E-state index contributed by atoms with van der Waals surface area (Å²) in [6.07, 6.45) is -2.10. The van der Waals surface area contributed by atoms with Gasteiger partial charge >= 0.3 is 0 Å². The van der Waals surface area contributed by atoms with Crippen molar-refractivity contribution in [2.24, 2.45) is 0 Å². The molecule has 0 amide bonds. The highest BCUT2D eigenvalue weighted by atomic mass is 35.5. The van der Waals surface area contributed by atoms with Gasteiger partial charge in [0.2, 0.25) is 0 Å². The van der Waals surface area contributed by atoms with Crippen molar-refractivity contribution in [3.63, 3.8) is 0 Å². The number of aliphatic hydroxyl groups excluding tert-OH is 3. The van der Waals surface area contributed by atoms with Crippen LogP contribution in [-0.4, -0.2) is 147 Å². The number of benzene rings is 3. The summed E-state index contributed by atoms with van der Waals surface area (Å²) in [7, 11) is 4.71. The SMILES string of the molecule is CC1(C)O[C@H]2[C@@H](O1)[C@H](n1ccc3c(Cl)ncnc31)O[C@@H]2[C@H](O)c1ccc(Cl)c(F)c1.CNc1ncnc2c1ccn2[C@@H]1O[C@H]([C@H](OC)c2ccc(Cl)c(F)c2)[C@@H](O)[C@H]1O.CO[C@H](c1ccc(Cl)c(F)c1)[C@H]1O[C@@H](n2ccc3c(Cl)ncnc32)[C@@H]2OC(C)(C)O[C@@H]21. The number of methoxy groups -OCH3 is 2. The first-order chi connectivity index (χ1) is 43.0. The third-order valence-corrected chi connectivity index (χ3v) is 17.7. The lowest BCUT2D eigenvalue weighted by atomic mass is 9.99. The lowest BCUT2D eigenvalue weighted by Crippen LogP contribution is -2.35. The van der Waals surface area contributed by atoms with E-state index < -0.39 is 121 Å². The number of nitrogens with zero attached hydrogens (tertiary/aromatic N) is 9. The largest absolute Gasteiger partial charge is 0.387 e. The summed E-state index contributed by atoms with van der Waals surface area (Å²) < 4.78 is 102. The highest BCUT2D eigenvalue weighted by Gasteiger charge is 2.60. The van der Waals surface area contributed by atoms with Crippen LogP contribution in [0.3, 0.4) is 0 Å². The van der Waals surface area contributed by atoms with E-state index in [0.29, 0.717) is 60.5 Å². The third kappa shape index (κ3) is 12.0. The number of hydrogen-bond donors (Lipinski definition) is 4. The fourth-order valence-corrected chi connectivity index (χ4v) is 12.9. The maximum atomic E-state index is 14.2. The van der Waals surface area contributed by atoms with Gasteiger partial charge in [0, 0.05) is 39.9 Å². The molecular formula is C60H58Cl5F3N10O12. The van der Waals surface area contributed by atoms with Crippen LogP contribution in [0.25, 0.3) is 33.1 Å². The third-order valence-electron chi connectivity index (χ3n) is 16.1. The van der Waals surface area contributed by atoms with Gasteiger partial charge in [0.1, 0.15) is 143 Å². The molecule has 30 heteroatoms. The van der Waals surface area contributed by atoms with Crippen molar-refractivity contribution in [1.82, 2.24) is 43.6 Å². The first kappa shape index (κ1) is 64.2. The van der Waals surface area contributed by atoms with E-state index in [9.17, 15) is 28.5 Å². The van der Waals surface area contributed by atoms with Crippen LogP contribution in [0.2, 0.25) is 25.4 Å². The van der Waals surface area contributed by atoms with Gasteiger partial charge in [-0.3, -0.25) is 0 Å². The number of aliphatic hydroxyl groups is 3. The summed E-state index contributed by atoms with van der Waals surface area (Å²) in [5.41, 5.74) is 3.07. The van der Waals surface area contributed by atoms with Gasteiger partial charge in [-0.2, -0.15) is 0 Å². The molecule has 0 spiro atoms. The Morgan fingerprint density at radius 1 is 0.500 bits per heavy atom. The van der Waals surface area contributed by atoms with Crippen molar-refractivity contribution in [3.8, 4) is 0 Å². The zero-order chi connectivity index (χ0) is 63.8. The van der Waals surface area contributed by atoms with Crippen molar-refractivity contribution in [3.05, 3.63) is 170 Å². The van der Waals surface area contributed by atoms with E-state index >= 15 is 0 Å². The standard InChI is InChI=1S/C21H20Cl2FN3O4.C20H18Cl2FN3O4.C19H20ClFN4O4/c1-21(2)30-16-15(14(28-3)10-4-5-12(22)13(24)8-10)29-20(17(16)31-21)27-7-6-11-18(23)25-9-26-19(11)27;1-20(2)29-15-14(13(27)9-3-4-11(21)12(23)7-9)28-19(16(15)30-20)26-6-5-10-17(22)24-8-25-18(10)26;1-22-17-10-5-6-25(18(10)24-8-23-17)19-14(27)13(26)16(29-19)15(28-2)9-3-4-11(20)12(21)7-9/h4-9,14-17,20H,1-3H3;3-8,13-16,19,27H,1-2H3;3-8,13-16,19,26-27H,1-2H3,(H,22,23,24)/t14-,15-,16-,17-,20-;13-,14-,15-,16-,19-;13-,14+,15+,16-,19+/m110/s1. The Balaban J connectivity index is 0.000000131. The Labute approximate surface area is 536 Å². The maximum Gasteiger partial charge on any atom is 0.164 e. The van der Waals surface area contributed by atoms with E-state index in [1.807, 2.05) is 30.7 Å². The van der Waals surface area contributed by atoms with Crippen molar-refractivity contribution in [1.29, 1.82) is 0 Å². The smallest absolute Gasteiger partial charge is 0.164 e. The molecular weight excluding hydrogens is 1290 g/mol. The molecule has 5 aliphatic heterocycles. The molecule has 15 atom stereocenters. The minimum absolute atomic E-state index is 0.0202. The number of rotatable bonds is 12. The zero-order valence-corrected chi connectivity index (χ0v) is 52.4. The number of fused-ring (bicyclic) bond motifs is 5. The molecule has 0 aliphatic carbocycles. The minimum Gasteiger partial charge on any atom is -0.387 e. The van der Waals surface area contributed by atoms with Crippen molar-refractivity contribution in [2.75, 3.05) is 26.6 Å². The molecule has 0 radical (unpaired) electrons. The Kier molecular flexibility index (Phi) is 18.2. The van der Waals surface area contributed by atoms with Crippen molar-refractivity contribution in [2.45, 2.75) is 131 Å². The molecule has 5 aliphatic rings. The highest BCUT2D eigenvalue weighted by molar-refractivity contribution is 6.34. The summed E-state index contributed by atoms with van der Waals surface area (Å²) in [5.74, 6) is -2.83. The predicted octanol–water partition coefficient (Wildman–Crippen LogP) is 11.0. The number of aromatic nitrogens is 9. The molecule has 90 heavy (non-hydrogen) atoms.